The average molecular weight is 264 g/mol. The number of aromatic nitrogens is 2. The molecule has 5 heteroatoms. The largest absolute Gasteiger partial charge is 0.424 e. The molecule has 2 atom stereocenters. The van der Waals surface area contributed by atoms with Crippen LogP contribution in [-0.2, 0) is 0 Å². The summed E-state index contributed by atoms with van der Waals surface area (Å²) in [7, 11) is 0. The molecule has 0 bridgehead atoms. The number of hydrogen-bond donors (Lipinski definition) is 1. The monoisotopic (exact) mass is 264 g/mol. The lowest BCUT2D eigenvalue weighted by atomic mass is 10.1. The maximum atomic E-state index is 10.0. The summed E-state index contributed by atoms with van der Waals surface area (Å²) in [6, 6.07) is 9.63. The van der Waals surface area contributed by atoms with Gasteiger partial charge in [0.2, 0.25) is 11.8 Å². The summed E-state index contributed by atoms with van der Waals surface area (Å²) in [5, 5.41) is 17.9. The van der Waals surface area contributed by atoms with Crippen molar-refractivity contribution >= 4 is 11.8 Å². The highest BCUT2D eigenvalue weighted by molar-refractivity contribution is 7.99. The first-order valence-corrected chi connectivity index (χ1v) is 6.86. The zero-order valence-electron chi connectivity index (χ0n) is 10.4. The van der Waals surface area contributed by atoms with Crippen molar-refractivity contribution in [2.24, 2.45) is 0 Å². The lowest BCUT2D eigenvalue weighted by molar-refractivity contribution is 0.204. The summed E-state index contributed by atoms with van der Waals surface area (Å²) >= 11 is 1.60. The molecule has 0 saturated heterocycles. The van der Waals surface area contributed by atoms with Crippen LogP contribution in [0.4, 0.5) is 0 Å². The van der Waals surface area contributed by atoms with Gasteiger partial charge < -0.3 is 9.52 Å². The minimum absolute atomic E-state index is 0.0876. The quantitative estimate of drug-likeness (QED) is 0.899. The van der Waals surface area contributed by atoms with E-state index in [-0.39, 0.29) is 5.25 Å². The van der Waals surface area contributed by atoms with Crippen LogP contribution in [0.1, 0.15) is 35.6 Å². The fraction of sp³-hybridized carbons (Fsp3) is 0.385. The summed E-state index contributed by atoms with van der Waals surface area (Å²) in [6.45, 7) is 3.77. The van der Waals surface area contributed by atoms with Crippen LogP contribution >= 0.6 is 11.8 Å². The van der Waals surface area contributed by atoms with E-state index in [9.17, 15) is 5.11 Å². The molecule has 18 heavy (non-hydrogen) atoms. The van der Waals surface area contributed by atoms with Crippen LogP contribution < -0.4 is 0 Å². The topological polar surface area (TPSA) is 59.2 Å². The first kappa shape index (κ1) is 13.1. The number of aliphatic hydroxyl groups is 1. The molecule has 0 aliphatic heterocycles. The summed E-state index contributed by atoms with van der Waals surface area (Å²) in [5.41, 5.74) is 0.930. The minimum atomic E-state index is -0.470. The summed E-state index contributed by atoms with van der Waals surface area (Å²) in [4.78, 5) is 0. The van der Waals surface area contributed by atoms with Crippen molar-refractivity contribution in [2.45, 2.75) is 25.2 Å². The van der Waals surface area contributed by atoms with E-state index in [4.69, 9.17) is 4.42 Å². The maximum Gasteiger partial charge on any atom is 0.229 e. The van der Waals surface area contributed by atoms with Gasteiger partial charge in [0.05, 0.1) is 11.4 Å². The average Bonchev–Trinajstić information content (AvgIpc) is 2.83. The van der Waals surface area contributed by atoms with Gasteiger partial charge in [-0.05, 0) is 12.5 Å². The fourth-order valence-electron chi connectivity index (χ4n) is 1.55. The Kier molecular flexibility index (Phi) is 4.38. The maximum absolute atomic E-state index is 10.0. The molecule has 2 rings (SSSR count). The second kappa shape index (κ2) is 6.02. The molecule has 1 N–H and O–H groups in total. The van der Waals surface area contributed by atoms with Gasteiger partial charge in [0.15, 0.2) is 0 Å². The van der Waals surface area contributed by atoms with E-state index in [1.807, 2.05) is 37.3 Å². The van der Waals surface area contributed by atoms with E-state index in [0.717, 1.165) is 5.56 Å². The number of hydrogen-bond acceptors (Lipinski definition) is 5. The van der Waals surface area contributed by atoms with Gasteiger partial charge in [0, 0.05) is 12.7 Å². The van der Waals surface area contributed by atoms with Gasteiger partial charge in [-0.2, -0.15) is 0 Å². The molecule has 96 valence electrons. The fourth-order valence-corrected chi connectivity index (χ4v) is 2.46. The Bertz CT molecular complexity index is 487. The normalized spacial score (nSPS) is 14.4. The van der Waals surface area contributed by atoms with E-state index in [2.05, 4.69) is 10.2 Å². The Labute approximate surface area is 110 Å². The van der Waals surface area contributed by atoms with Crippen LogP contribution in [0.3, 0.4) is 0 Å². The van der Waals surface area contributed by atoms with Crippen LogP contribution in [-0.4, -0.2) is 21.1 Å². The molecule has 4 nitrogen and oxygen atoms in total. The molecule has 2 unspecified atom stereocenters. The van der Waals surface area contributed by atoms with Gasteiger partial charge in [-0.25, -0.2) is 0 Å². The van der Waals surface area contributed by atoms with Crippen molar-refractivity contribution < 1.29 is 9.52 Å². The molecular formula is C13H16N2O2S. The number of aliphatic hydroxyl groups excluding tert-OH is 1. The summed E-state index contributed by atoms with van der Waals surface area (Å²) in [6.07, 6.45) is -0.470. The second-order valence-corrected chi connectivity index (χ2v) is 5.44. The Morgan fingerprint density at radius 1 is 1.28 bits per heavy atom. The SMILES string of the molecule is Cc1nnc(C(C)SCC(O)c2ccccc2)o1. The molecule has 0 aliphatic carbocycles. The Morgan fingerprint density at radius 2 is 2.00 bits per heavy atom. The standard InChI is InChI=1S/C13H16N2O2S/c1-9(13-15-14-10(2)17-13)18-8-12(16)11-6-4-3-5-7-11/h3-7,9,12,16H,8H2,1-2H3. The summed E-state index contributed by atoms with van der Waals surface area (Å²) < 4.78 is 5.36. The molecule has 2 aromatic rings. The molecule has 1 aromatic heterocycles. The predicted molar refractivity (Wildman–Crippen MR) is 71.3 cm³/mol. The van der Waals surface area contributed by atoms with Gasteiger partial charge in [-0.15, -0.1) is 22.0 Å². The van der Waals surface area contributed by atoms with Crippen molar-refractivity contribution in [3.05, 3.63) is 47.7 Å². The molecular weight excluding hydrogens is 248 g/mol. The first-order chi connectivity index (χ1) is 8.66. The molecule has 0 fully saturated rings. The smallest absolute Gasteiger partial charge is 0.229 e. The lowest BCUT2D eigenvalue weighted by Gasteiger charge is -2.12. The molecule has 1 aromatic carbocycles. The zero-order chi connectivity index (χ0) is 13.0. The van der Waals surface area contributed by atoms with Gasteiger partial charge in [-0.1, -0.05) is 30.3 Å². The third kappa shape index (κ3) is 3.34. The van der Waals surface area contributed by atoms with E-state index in [1.165, 1.54) is 0 Å². The van der Waals surface area contributed by atoms with E-state index < -0.39 is 6.10 Å². The molecule has 0 amide bonds. The summed E-state index contributed by atoms with van der Waals surface area (Å²) in [5.74, 6) is 1.78. The van der Waals surface area contributed by atoms with Gasteiger partial charge in [-0.3, -0.25) is 0 Å². The van der Waals surface area contributed by atoms with E-state index in [0.29, 0.717) is 17.5 Å². The van der Waals surface area contributed by atoms with E-state index >= 15 is 0 Å². The first-order valence-electron chi connectivity index (χ1n) is 5.81. The third-order valence-electron chi connectivity index (χ3n) is 2.58. The van der Waals surface area contributed by atoms with Crippen LogP contribution in [0.5, 0.6) is 0 Å². The third-order valence-corrected chi connectivity index (χ3v) is 3.79. The minimum Gasteiger partial charge on any atom is -0.424 e. The van der Waals surface area contributed by atoms with Crippen LogP contribution in [0.2, 0.25) is 0 Å². The number of aryl methyl sites for hydroxylation is 1. The predicted octanol–water partition coefficient (Wildman–Crippen LogP) is 2.91. The lowest BCUT2D eigenvalue weighted by Crippen LogP contribution is -2.02. The highest BCUT2D eigenvalue weighted by Gasteiger charge is 2.15. The highest BCUT2D eigenvalue weighted by atomic mass is 32.2. The second-order valence-electron chi connectivity index (χ2n) is 4.06. The van der Waals surface area contributed by atoms with Crippen LogP contribution in [0.25, 0.3) is 0 Å². The Hall–Kier alpha value is -1.33. The molecule has 0 aliphatic rings. The van der Waals surface area contributed by atoms with Crippen molar-refractivity contribution in [3.8, 4) is 0 Å². The van der Waals surface area contributed by atoms with Crippen molar-refractivity contribution in [2.75, 3.05) is 5.75 Å². The van der Waals surface area contributed by atoms with Crippen molar-refractivity contribution in [1.82, 2.24) is 10.2 Å². The molecule has 0 radical (unpaired) electrons. The van der Waals surface area contributed by atoms with Gasteiger partial charge >= 0.3 is 0 Å². The zero-order valence-corrected chi connectivity index (χ0v) is 11.2. The van der Waals surface area contributed by atoms with Crippen LogP contribution in [0.15, 0.2) is 34.7 Å². The van der Waals surface area contributed by atoms with Crippen LogP contribution in [0, 0.1) is 6.92 Å². The molecule has 0 spiro atoms. The Morgan fingerprint density at radius 3 is 2.61 bits per heavy atom. The van der Waals surface area contributed by atoms with Crippen molar-refractivity contribution in [1.29, 1.82) is 0 Å². The number of benzene rings is 1. The van der Waals surface area contributed by atoms with Crippen molar-refractivity contribution in [3.63, 3.8) is 0 Å². The van der Waals surface area contributed by atoms with Gasteiger partial charge in [0.1, 0.15) is 0 Å². The van der Waals surface area contributed by atoms with Gasteiger partial charge in [0.25, 0.3) is 0 Å². The number of rotatable bonds is 5. The molecule has 1 heterocycles. The highest BCUT2D eigenvalue weighted by Crippen LogP contribution is 2.30. The number of thioether (sulfide) groups is 1. The van der Waals surface area contributed by atoms with E-state index in [1.54, 1.807) is 18.7 Å². The molecule has 0 saturated carbocycles. The number of nitrogens with zero attached hydrogens (tertiary/aromatic N) is 2. The Balaban J connectivity index is 1.88.